The van der Waals surface area contributed by atoms with Gasteiger partial charge >= 0.3 is 0 Å². The van der Waals surface area contributed by atoms with Crippen molar-refractivity contribution < 1.29 is 0 Å². The van der Waals surface area contributed by atoms with E-state index in [0.29, 0.717) is 11.0 Å². The van der Waals surface area contributed by atoms with Gasteiger partial charge in [0.15, 0.2) is 5.82 Å². The number of hydrogen-bond donors (Lipinski definition) is 0. The van der Waals surface area contributed by atoms with Crippen LogP contribution in [0.1, 0.15) is 37.4 Å². The normalized spacial score (nSPS) is 15.1. The van der Waals surface area contributed by atoms with E-state index in [9.17, 15) is 0 Å². The lowest BCUT2D eigenvalue weighted by atomic mass is 10.1. The molecule has 0 aromatic carbocycles. The largest absolute Gasteiger partial charge is 0.272 e. The molecule has 100 valence electrons. The minimum Gasteiger partial charge on any atom is -0.272 e. The van der Waals surface area contributed by atoms with Crippen LogP contribution < -0.4 is 0 Å². The van der Waals surface area contributed by atoms with Crippen LogP contribution >= 0.6 is 11.6 Å². The van der Waals surface area contributed by atoms with Gasteiger partial charge in [0.2, 0.25) is 0 Å². The highest BCUT2D eigenvalue weighted by molar-refractivity contribution is 6.30. The number of aryl methyl sites for hydroxylation is 2. The van der Waals surface area contributed by atoms with Gasteiger partial charge < -0.3 is 0 Å². The zero-order valence-corrected chi connectivity index (χ0v) is 11.8. The summed E-state index contributed by atoms with van der Waals surface area (Å²) in [4.78, 5) is 9.15. The van der Waals surface area contributed by atoms with E-state index in [4.69, 9.17) is 16.6 Å². The van der Waals surface area contributed by atoms with Crippen molar-refractivity contribution in [1.29, 1.82) is 0 Å². The Hall–Kier alpha value is -1.42. The van der Waals surface area contributed by atoms with Crippen LogP contribution in [0.5, 0.6) is 0 Å². The van der Waals surface area contributed by atoms with Gasteiger partial charge in [0.1, 0.15) is 5.15 Å². The van der Waals surface area contributed by atoms with E-state index < -0.39 is 0 Å². The minimum absolute atomic E-state index is 0.617. The van der Waals surface area contributed by atoms with E-state index in [1.165, 1.54) is 19.3 Å². The fourth-order valence-electron chi connectivity index (χ4n) is 2.51. The van der Waals surface area contributed by atoms with Gasteiger partial charge in [-0.1, -0.05) is 18.0 Å². The molecule has 0 radical (unpaired) electrons. The van der Waals surface area contributed by atoms with Crippen molar-refractivity contribution in [3.05, 3.63) is 28.8 Å². The highest BCUT2D eigenvalue weighted by Gasteiger charge is 2.16. The molecule has 0 saturated carbocycles. The molecule has 5 heteroatoms. The first kappa shape index (κ1) is 12.6. The third-order valence-corrected chi connectivity index (χ3v) is 3.91. The Kier molecular flexibility index (Phi) is 3.51. The standard InChI is InChI=1S/C14H17ClN4/c1-2-19-9-10(8-16-19)14-17-12-7-5-3-4-6-11(12)13(15)18-14/h8-9H,2-7H2,1H3. The number of aromatic nitrogens is 4. The maximum absolute atomic E-state index is 6.33. The molecule has 2 aromatic heterocycles. The van der Waals surface area contributed by atoms with E-state index >= 15 is 0 Å². The molecule has 4 nitrogen and oxygen atoms in total. The molecule has 1 aliphatic rings. The zero-order valence-electron chi connectivity index (χ0n) is 11.1. The summed E-state index contributed by atoms with van der Waals surface area (Å²) in [5.41, 5.74) is 3.21. The van der Waals surface area contributed by atoms with Crippen LogP contribution in [0.25, 0.3) is 11.4 Å². The second-order valence-corrected chi connectivity index (χ2v) is 5.27. The molecule has 0 atom stereocenters. The first-order valence-electron chi connectivity index (χ1n) is 6.86. The van der Waals surface area contributed by atoms with Gasteiger partial charge in [-0.05, 0) is 32.6 Å². The topological polar surface area (TPSA) is 43.6 Å². The molecule has 0 spiro atoms. The Bertz CT molecular complexity index is 591. The predicted octanol–water partition coefficient (Wildman–Crippen LogP) is 3.28. The summed E-state index contributed by atoms with van der Waals surface area (Å²) in [6.07, 6.45) is 9.40. The number of fused-ring (bicyclic) bond motifs is 1. The molecular weight excluding hydrogens is 260 g/mol. The summed E-state index contributed by atoms with van der Waals surface area (Å²) in [5.74, 6) is 0.699. The van der Waals surface area contributed by atoms with E-state index in [1.807, 2.05) is 10.9 Å². The highest BCUT2D eigenvalue weighted by atomic mass is 35.5. The van der Waals surface area contributed by atoms with Gasteiger partial charge in [-0.3, -0.25) is 4.68 Å². The van der Waals surface area contributed by atoms with Crippen molar-refractivity contribution >= 4 is 11.6 Å². The summed E-state index contributed by atoms with van der Waals surface area (Å²) < 4.78 is 1.87. The number of halogens is 1. The molecule has 0 unspecified atom stereocenters. The molecule has 0 aliphatic heterocycles. The smallest absolute Gasteiger partial charge is 0.164 e. The van der Waals surface area contributed by atoms with Gasteiger partial charge in [0.05, 0.1) is 11.8 Å². The highest BCUT2D eigenvalue weighted by Crippen LogP contribution is 2.27. The molecule has 19 heavy (non-hydrogen) atoms. The van der Waals surface area contributed by atoms with Crippen LogP contribution in [0.15, 0.2) is 12.4 Å². The van der Waals surface area contributed by atoms with Crippen LogP contribution in [-0.4, -0.2) is 19.7 Å². The van der Waals surface area contributed by atoms with Crippen LogP contribution in [0.2, 0.25) is 5.15 Å². The number of rotatable bonds is 2. The Morgan fingerprint density at radius 2 is 2.05 bits per heavy atom. The van der Waals surface area contributed by atoms with Crippen LogP contribution in [0.4, 0.5) is 0 Å². The third-order valence-electron chi connectivity index (χ3n) is 3.60. The maximum atomic E-state index is 6.33. The van der Waals surface area contributed by atoms with E-state index in [0.717, 1.165) is 36.2 Å². The zero-order chi connectivity index (χ0) is 13.2. The first-order chi connectivity index (χ1) is 9.28. The number of nitrogens with zero attached hydrogens (tertiary/aromatic N) is 4. The summed E-state index contributed by atoms with van der Waals surface area (Å²) in [6, 6.07) is 0. The van der Waals surface area contributed by atoms with Crippen molar-refractivity contribution in [2.45, 2.75) is 45.6 Å². The molecule has 2 aromatic rings. The van der Waals surface area contributed by atoms with Crippen LogP contribution in [0.3, 0.4) is 0 Å². The fraction of sp³-hybridized carbons (Fsp3) is 0.500. The summed E-state index contributed by atoms with van der Waals surface area (Å²) >= 11 is 6.33. The van der Waals surface area contributed by atoms with Crippen molar-refractivity contribution in [2.24, 2.45) is 0 Å². The van der Waals surface area contributed by atoms with E-state index in [1.54, 1.807) is 6.20 Å². The molecule has 0 N–H and O–H groups in total. The van der Waals surface area contributed by atoms with Gasteiger partial charge in [-0.2, -0.15) is 5.10 Å². The summed E-state index contributed by atoms with van der Waals surface area (Å²) in [5, 5.41) is 4.88. The van der Waals surface area contributed by atoms with Gasteiger partial charge in [-0.15, -0.1) is 0 Å². The van der Waals surface area contributed by atoms with E-state index in [-0.39, 0.29) is 0 Å². The minimum atomic E-state index is 0.617. The van der Waals surface area contributed by atoms with Crippen molar-refractivity contribution in [3.63, 3.8) is 0 Å². The van der Waals surface area contributed by atoms with Gasteiger partial charge in [-0.25, -0.2) is 9.97 Å². The Balaban J connectivity index is 2.03. The quantitative estimate of drug-likeness (QED) is 0.624. The Morgan fingerprint density at radius 3 is 2.84 bits per heavy atom. The van der Waals surface area contributed by atoms with Gasteiger partial charge in [0.25, 0.3) is 0 Å². The Labute approximate surface area is 117 Å². The molecule has 0 fully saturated rings. The average Bonchev–Trinajstić information content (AvgIpc) is 2.77. The summed E-state index contributed by atoms with van der Waals surface area (Å²) in [6.45, 7) is 2.90. The van der Waals surface area contributed by atoms with Crippen LogP contribution in [-0.2, 0) is 19.4 Å². The van der Waals surface area contributed by atoms with Crippen LogP contribution in [0, 0.1) is 0 Å². The lowest BCUT2D eigenvalue weighted by Gasteiger charge is -2.08. The van der Waals surface area contributed by atoms with E-state index in [2.05, 4.69) is 17.0 Å². The molecule has 2 heterocycles. The molecule has 0 bridgehead atoms. The monoisotopic (exact) mass is 276 g/mol. The molecule has 1 aliphatic carbocycles. The SMILES string of the molecule is CCn1cc(-c2nc(Cl)c3c(n2)CCCCC3)cn1. The average molecular weight is 277 g/mol. The van der Waals surface area contributed by atoms with Gasteiger partial charge in [0, 0.05) is 24.0 Å². The van der Waals surface area contributed by atoms with Crippen molar-refractivity contribution in [3.8, 4) is 11.4 Å². The Morgan fingerprint density at radius 1 is 1.21 bits per heavy atom. The third kappa shape index (κ3) is 2.50. The second-order valence-electron chi connectivity index (χ2n) is 4.91. The second kappa shape index (κ2) is 5.29. The first-order valence-corrected chi connectivity index (χ1v) is 7.24. The number of hydrogen-bond acceptors (Lipinski definition) is 3. The molecule has 0 saturated heterocycles. The predicted molar refractivity (Wildman–Crippen MR) is 75.2 cm³/mol. The lowest BCUT2D eigenvalue weighted by molar-refractivity contribution is 0.660. The molecular formula is C14H17ClN4. The molecule has 3 rings (SSSR count). The summed E-state index contributed by atoms with van der Waals surface area (Å²) in [7, 11) is 0. The van der Waals surface area contributed by atoms with Crippen molar-refractivity contribution in [2.75, 3.05) is 0 Å². The van der Waals surface area contributed by atoms with Crippen molar-refractivity contribution in [1.82, 2.24) is 19.7 Å². The maximum Gasteiger partial charge on any atom is 0.164 e. The fourth-order valence-corrected chi connectivity index (χ4v) is 2.79. The molecule has 0 amide bonds. The lowest BCUT2D eigenvalue weighted by Crippen LogP contribution is -2.01.